The van der Waals surface area contributed by atoms with Gasteiger partial charge in [0.2, 0.25) is 0 Å². The molecule has 1 aromatic rings. The molecule has 1 aromatic heterocycles. The second kappa shape index (κ2) is 8.37. The number of rotatable bonds is 8. The molecule has 5 nitrogen and oxygen atoms in total. The Morgan fingerprint density at radius 2 is 2.04 bits per heavy atom. The van der Waals surface area contributed by atoms with Gasteiger partial charge in [-0.1, -0.05) is 32.3 Å². The fraction of sp³-hybridized carbons (Fsp3) is 0.778. The molecule has 0 unspecified atom stereocenters. The average molecular weight is 320 g/mol. The Morgan fingerprint density at radius 1 is 1.30 bits per heavy atom. The summed E-state index contributed by atoms with van der Waals surface area (Å²) >= 11 is 0. The third kappa shape index (κ3) is 4.49. The van der Waals surface area contributed by atoms with Crippen LogP contribution in [-0.2, 0) is 6.54 Å². The summed E-state index contributed by atoms with van der Waals surface area (Å²) in [5.74, 6) is 2.20. The van der Waals surface area contributed by atoms with Gasteiger partial charge in [-0.3, -0.25) is 4.99 Å². The lowest BCUT2D eigenvalue weighted by Crippen LogP contribution is -2.46. The van der Waals surface area contributed by atoms with E-state index in [1.54, 1.807) is 0 Å². The van der Waals surface area contributed by atoms with Crippen molar-refractivity contribution in [3.8, 4) is 0 Å². The van der Waals surface area contributed by atoms with E-state index in [9.17, 15) is 0 Å². The highest BCUT2D eigenvalue weighted by molar-refractivity contribution is 5.79. The molecule has 2 rings (SSSR count). The SMILES string of the molecule is CCC(CC)c1cc(CNC(=NC)NCC2(CC)CCC2)on1. The molecule has 0 amide bonds. The standard InChI is InChI=1S/C18H32N4O/c1-5-14(6-2)16-11-15(23-22-16)12-20-17(19-4)21-13-18(7-3)9-8-10-18/h11,14H,5-10,12-13H2,1-4H3,(H2,19,20,21). The third-order valence-corrected chi connectivity index (χ3v) is 5.43. The summed E-state index contributed by atoms with van der Waals surface area (Å²) in [5.41, 5.74) is 1.54. The smallest absolute Gasteiger partial charge is 0.191 e. The van der Waals surface area contributed by atoms with Crippen LogP contribution < -0.4 is 10.6 Å². The number of guanidine groups is 1. The zero-order chi connectivity index (χ0) is 16.7. The van der Waals surface area contributed by atoms with E-state index in [1.165, 1.54) is 25.7 Å². The van der Waals surface area contributed by atoms with Crippen molar-refractivity contribution >= 4 is 5.96 Å². The molecule has 1 aliphatic carbocycles. The lowest BCUT2D eigenvalue weighted by Gasteiger charge is -2.41. The van der Waals surface area contributed by atoms with Gasteiger partial charge in [-0.2, -0.15) is 0 Å². The molecule has 0 saturated heterocycles. The maximum Gasteiger partial charge on any atom is 0.191 e. The van der Waals surface area contributed by atoms with Crippen molar-refractivity contribution in [1.82, 2.24) is 15.8 Å². The largest absolute Gasteiger partial charge is 0.359 e. The lowest BCUT2D eigenvalue weighted by molar-refractivity contribution is 0.131. The van der Waals surface area contributed by atoms with E-state index in [1.807, 2.05) is 7.05 Å². The first kappa shape index (κ1) is 17.8. The molecule has 0 aromatic carbocycles. The van der Waals surface area contributed by atoms with Gasteiger partial charge < -0.3 is 15.2 Å². The summed E-state index contributed by atoms with van der Waals surface area (Å²) in [5, 5.41) is 11.0. The van der Waals surface area contributed by atoms with Gasteiger partial charge in [0.1, 0.15) is 0 Å². The predicted molar refractivity (Wildman–Crippen MR) is 94.6 cm³/mol. The molecule has 0 aliphatic heterocycles. The van der Waals surface area contributed by atoms with Crippen LogP contribution in [0.15, 0.2) is 15.6 Å². The zero-order valence-corrected chi connectivity index (χ0v) is 15.1. The van der Waals surface area contributed by atoms with E-state index in [4.69, 9.17) is 4.52 Å². The summed E-state index contributed by atoms with van der Waals surface area (Å²) in [6.07, 6.45) is 7.44. The Hall–Kier alpha value is -1.52. The van der Waals surface area contributed by atoms with Gasteiger partial charge in [-0.25, -0.2) is 0 Å². The highest BCUT2D eigenvalue weighted by Crippen LogP contribution is 2.42. The minimum absolute atomic E-state index is 0.479. The van der Waals surface area contributed by atoms with E-state index in [-0.39, 0.29) is 0 Å². The highest BCUT2D eigenvalue weighted by atomic mass is 16.5. The van der Waals surface area contributed by atoms with Crippen LogP contribution in [0.2, 0.25) is 0 Å². The minimum atomic E-state index is 0.479. The summed E-state index contributed by atoms with van der Waals surface area (Å²) in [4.78, 5) is 4.31. The van der Waals surface area contributed by atoms with E-state index < -0.39 is 0 Å². The molecule has 0 bridgehead atoms. The van der Waals surface area contributed by atoms with Crippen molar-refractivity contribution < 1.29 is 4.52 Å². The molecule has 130 valence electrons. The summed E-state index contributed by atoms with van der Waals surface area (Å²) in [6.45, 7) is 8.28. The Bertz CT molecular complexity index is 495. The van der Waals surface area contributed by atoms with Crippen LogP contribution in [0.5, 0.6) is 0 Å². The summed E-state index contributed by atoms with van der Waals surface area (Å²) in [6, 6.07) is 2.07. The second-order valence-electron chi connectivity index (χ2n) is 6.72. The van der Waals surface area contributed by atoms with Crippen molar-refractivity contribution in [1.29, 1.82) is 0 Å². The molecule has 5 heteroatoms. The van der Waals surface area contributed by atoms with E-state index in [2.05, 4.69) is 47.6 Å². The van der Waals surface area contributed by atoms with Crippen LogP contribution in [0.25, 0.3) is 0 Å². The van der Waals surface area contributed by atoms with Crippen LogP contribution in [0.3, 0.4) is 0 Å². The summed E-state index contributed by atoms with van der Waals surface area (Å²) in [7, 11) is 1.81. The molecular formula is C18H32N4O. The normalized spacial score (nSPS) is 17.2. The van der Waals surface area contributed by atoms with Gasteiger partial charge in [-0.15, -0.1) is 0 Å². The zero-order valence-electron chi connectivity index (χ0n) is 15.1. The van der Waals surface area contributed by atoms with Crippen LogP contribution in [0.1, 0.15) is 76.7 Å². The Kier molecular flexibility index (Phi) is 6.48. The molecule has 23 heavy (non-hydrogen) atoms. The Morgan fingerprint density at radius 3 is 2.57 bits per heavy atom. The maximum absolute atomic E-state index is 5.45. The predicted octanol–water partition coefficient (Wildman–Crippen LogP) is 3.82. The van der Waals surface area contributed by atoms with Crippen LogP contribution in [0.4, 0.5) is 0 Å². The number of nitrogens with zero attached hydrogens (tertiary/aromatic N) is 2. The van der Waals surface area contributed by atoms with Crippen LogP contribution in [0, 0.1) is 5.41 Å². The highest BCUT2D eigenvalue weighted by Gasteiger charge is 2.34. The maximum atomic E-state index is 5.45. The topological polar surface area (TPSA) is 62.5 Å². The quantitative estimate of drug-likeness (QED) is 0.564. The van der Waals surface area contributed by atoms with Gasteiger partial charge in [0.05, 0.1) is 12.2 Å². The van der Waals surface area contributed by atoms with Crippen molar-refractivity contribution in [2.24, 2.45) is 10.4 Å². The Labute approximate surface area is 140 Å². The number of aliphatic imine (C=N–C) groups is 1. The van der Waals surface area contributed by atoms with Crippen molar-refractivity contribution in [3.05, 3.63) is 17.5 Å². The van der Waals surface area contributed by atoms with Crippen LogP contribution in [-0.4, -0.2) is 24.7 Å². The van der Waals surface area contributed by atoms with E-state index in [0.717, 1.165) is 36.8 Å². The third-order valence-electron chi connectivity index (χ3n) is 5.43. The van der Waals surface area contributed by atoms with E-state index in [0.29, 0.717) is 17.9 Å². The first-order valence-electron chi connectivity index (χ1n) is 9.06. The van der Waals surface area contributed by atoms with Crippen molar-refractivity contribution in [2.75, 3.05) is 13.6 Å². The monoisotopic (exact) mass is 320 g/mol. The first-order chi connectivity index (χ1) is 11.2. The molecular weight excluding hydrogens is 288 g/mol. The molecule has 0 atom stereocenters. The minimum Gasteiger partial charge on any atom is -0.359 e. The first-order valence-corrected chi connectivity index (χ1v) is 9.06. The molecule has 1 saturated carbocycles. The molecule has 1 aliphatic rings. The number of nitrogens with one attached hydrogen (secondary N) is 2. The number of aromatic nitrogens is 1. The van der Waals surface area contributed by atoms with Crippen molar-refractivity contribution in [3.63, 3.8) is 0 Å². The fourth-order valence-corrected chi connectivity index (χ4v) is 3.31. The average Bonchev–Trinajstić information content (AvgIpc) is 2.99. The lowest BCUT2D eigenvalue weighted by atomic mass is 9.67. The molecule has 2 N–H and O–H groups in total. The second-order valence-corrected chi connectivity index (χ2v) is 6.72. The number of hydrogen-bond acceptors (Lipinski definition) is 3. The molecule has 0 spiro atoms. The van der Waals surface area contributed by atoms with Crippen molar-refractivity contribution in [2.45, 2.75) is 71.8 Å². The van der Waals surface area contributed by atoms with Gasteiger partial charge in [-0.05, 0) is 37.5 Å². The molecule has 1 heterocycles. The number of hydrogen-bond donors (Lipinski definition) is 2. The van der Waals surface area contributed by atoms with Gasteiger partial charge in [0.15, 0.2) is 11.7 Å². The van der Waals surface area contributed by atoms with E-state index >= 15 is 0 Å². The fourth-order valence-electron chi connectivity index (χ4n) is 3.31. The Balaban J connectivity index is 1.81. The van der Waals surface area contributed by atoms with Gasteiger partial charge >= 0.3 is 0 Å². The molecule has 0 radical (unpaired) electrons. The molecule has 1 fully saturated rings. The summed E-state index contributed by atoms with van der Waals surface area (Å²) < 4.78 is 5.45. The van der Waals surface area contributed by atoms with Gasteiger partial charge in [0.25, 0.3) is 0 Å². The van der Waals surface area contributed by atoms with Gasteiger partial charge in [0, 0.05) is 25.6 Å². The van der Waals surface area contributed by atoms with Crippen LogP contribution >= 0.6 is 0 Å².